The summed E-state index contributed by atoms with van der Waals surface area (Å²) < 4.78 is 6.58. The Morgan fingerprint density at radius 2 is 1.02 bits per heavy atom. The Morgan fingerprint density at radius 1 is 0.418 bits per heavy atom. The molecule has 258 valence electrons. The minimum absolute atomic E-state index is 0.448. The van der Waals surface area contributed by atoms with Gasteiger partial charge in [0, 0.05) is 27.5 Å². The Labute approximate surface area is 317 Å². The van der Waals surface area contributed by atoms with E-state index in [1.54, 1.807) is 0 Å². The summed E-state index contributed by atoms with van der Waals surface area (Å²) in [5, 5.41) is 13.1. The molecule has 4 nitrogen and oxygen atoms in total. The van der Waals surface area contributed by atoms with Gasteiger partial charge in [-0.25, -0.2) is 9.98 Å². The van der Waals surface area contributed by atoms with E-state index < -0.39 is 6.17 Å². The van der Waals surface area contributed by atoms with E-state index in [-0.39, 0.29) is 0 Å². The van der Waals surface area contributed by atoms with E-state index in [4.69, 9.17) is 14.4 Å². The second-order valence-corrected chi connectivity index (χ2v) is 14.2. The van der Waals surface area contributed by atoms with Crippen molar-refractivity contribution < 1.29 is 4.42 Å². The first-order chi connectivity index (χ1) is 27.2. The van der Waals surface area contributed by atoms with Crippen molar-refractivity contribution in [3.8, 4) is 22.3 Å². The summed E-state index contributed by atoms with van der Waals surface area (Å²) in [6.45, 7) is 0. The lowest BCUT2D eigenvalue weighted by Gasteiger charge is -2.25. The van der Waals surface area contributed by atoms with Crippen LogP contribution in [0, 0.1) is 0 Å². The molecule has 4 heteroatoms. The zero-order chi connectivity index (χ0) is 36.3. The van der Waals surface area contributed by atoms with Crippen molar-refractivity contribution in [2.24, 2.45) is 9.98 Å². The number of benzene rings is 9. The number of fused-ring (bicyclic) bond motifs is 6. The van der Waals surface area contributed by atoms with Gasteiger partial charge in [0.15, 0.2) is 5.84 Å². The normalized spacial score (nSPS) is 14.4. The van der Waals surface area contributed by atoms with E-state index in [9.17, 15) is 0 Å². The highest BCUT2D eigenvalue weighted by Gasteiger charge is 2.26. The summed E-state index contributed by atoms with van der Waals surface area (Å²) in [6.07, 6.45) is -0.448. The number of furan rings is 1. The minimum atomic E-state index is -0.448. The second-order valence-electron chi connectivity index (χ2n) is 14.2. The average Bonchev–Trinajstić information content (AvgIpc) is 3.64. The molecule has 1 atom stereocenters. The molecule has 1 aliphatic rings. The Kier molecular flexibility index (Phi) is 7.20. The van der Waals surface area contributed by atoms with Crippen LogP contribution < -0.4 is 5.32 Å². The van der Waals surface area contributed by atoms with Crippen LogP contribution in [0.2, 0.25) is 0 Å². The van der Waals surface area contributed by atoms with Gasteiger partial charge in [-0.2, -0.15) is 0 Å². The molecule has 10 aromatic rings. The zero-order valence-corrected chi connectivity index (χ0v) is 29.8. The van der Waals surface area contributed by atoms with Crippen LogP contribution >= 0.6 is 0 Å². The fourth-order valence-corrected chi connectivity index (χ4v) is 8.14. The van der Waals surface area contributed by atoms with E-state index in [1.165, 1.54) is 32.5 Å². The standard InChI is InChI=1S/C51H33N3O/c1-3-13-37-28-39(26-20-32(37)10-1)41-30-45(48-44-17-7-8-19-46(44)55-47(48)31-41)51-53-49(52-50(54-51)40-27-21-33-11-2-4-14-38(33)29-40)36-24-22-35(23-25-36)43-18-9-15-34-12-5-6-16-42(34)43/h1-31,51H,(H,52,53,54). The van der Waals surface area contributed by atoms with Crippen LogP contribution in [-0.4, -0.2) is 11.7 Å². The molecule has 1 unspecified atom stereocenters. The summed E-state index contributed by atoms with van der Waals surface area (Å²) >= 11 is 0. The lowest BCUT2D eigenvalue weighted by molar-refractivity contribution is 0.662. The predicted molar refractivity (Wildman–Crippen MR) is 229 cm³/mol. The van der Waals surface area contributed by atoms with Crippen molar-refractivity contribution in [3.05, 3.63) is 205 Å². The van der Waals surface area contributed by atoms with Crippen molar-refractivity contribution in [1.82, 2.24) is 5.32 Å². The molecule has 1 N–H and O–H groups in total. The number of rotatable bonds is 5. The van der Waals surface area contributed by atoms with E-state index >= 15 is 0 Å². The first-order valence-corrected chi connectivity index (χ1v) is 18.7. The molecule has 0 saturated heterocycles. The summed E-state index contributed by atoms with van der Waals surface area (Å²) in [4.78, 5) is 10.6. The monoisotopic (exact) mass is 703 g/mol. The van der Waals surface area contributed by atoms with E-state index in [0.717, 1.165) is 66.5 Å². The Bertz CT molecular complexity index is 3180. The number of hydrogen-bond donors (Lipinski definition) is 1. The molecule has 1 aromatic heterocycles. The van der Waals surface area contributed by atoms with E-state index in [2.05, 4.69) is 181 Å². The van der Waals surface area contributed by atoms with Gasteiger partial charge >= 0.3 is 0 Å². The van der Waals surface area contributed by atoms with Crippen LogP contribution in [0.5, 0.6) is 0 Å². The maximum Gasteiger partial charge on any atom is 0.159 e. The lowest BCUT2D eigenvalue weighted by Crippen LogP contribution is -2.33. The molecule has 0 spiro atoms. The number of amidine groups is 2. The quantitative estimate of drug-likeness (QED) is 0.194. The third-order valence-corrected chi connectivity index (χ3v) is 10.9. The molecule has 11 rings (SSSR count). The predicted octanol–water partition coefficient (Wildman–Crippen LogP) is 12.9. The Hall–Kier alpha value is -7.30. The van der Waals surface area contributed by atoms with Gasteiger partial charge in [0.25, 0.3) is 0 Å². The second kappa shape index (κ2) is 12.7. The third-order valence-electron chi connectivity index (χ3n) is 10.9. The maximum atomic E-state index is 6.58. The van der Waals surface area contributed by atoms with Gasteiger partial charge in [-0.3, -0.25) is 0 Å². The highest BCUT2D eigenvalue weighted by molar-refractivity contribution is 6.15. The summed E-state index contributed by atoms with van der Waals surface area (Å²) in [5.74, 6) is 1.45. The largest absolute Gasteiger partial charge is 0.456 e. The molecule has 0 saturated carbocycles. The zero-order valence-electron chi connectivity index (χ0n) is 29.8. The van der Waals surface area contributed by atoms with E-state index in [1.807, 2.05) is 12.1 Å². The van der Waals surface area contributed by atoms with Gasteiger partial charge < -0.3 is 9.73 Å². The van der Waals surface area contributed by atoms with Crippen molar-refractivity contribution in [2.45, 2.75) is 6.17 Å². The fourth-order valence-electron chi connectivity index (χ4n) is 8.14. The Balaban J connectivity index is 1.08. The molecule has 0 bridgehead atoms. The molecule has 55 heavy (non-hydrogen) atoms. The molecule has 0 aliphatic carbocycles. The van der Waals surface area contributed by atoms with Crippen LogP contribution in [0.4, 0.5) is 0 Å². The summed E-state index contributed by atoms with van der Waals surface area (Å²) in [5.41, 5.74) is 9.22. The third kappa shape index (κ3) is 5.46. The molecule has 0 fully saturated rings. The number of nitrogens with one attached hydrogen (secondary N) is 1. The van der Waals surface area contributed by atoms with Gasteiger partial charge in [0.1, 0.15) is 23.2 Å². The number of nitrogens with zero attached hydrogens (tertiary/aromatic N) is 2. The van der Waals surface area contributed by atoms with Crippen molar-refractivity contribution in [2.75, 3.05) is 0 Å². The lowest BCUT2D eigenvalue weighted by atomic mass is 9.95. The van der Waals surface area contributed by atoms with Crippen LogP contribution in [0.15, 0.2) is 202 Å². The molecular formula is C51H33N3O. The summed E-state index contributed by atoms with van der Waals surface area (Å²) in [7, 11) is 0. The van der Waals surface area contributed by atoms with Crippen molar-refractivity contribution in [3.63, 3.8) is 0 Å². The average molecular weight is 704 g/mol. The van der Waals surface area contributed by atoms with Gasteiger partial charge in [-0.1, -0.05) is 158 Å². The van der Waals surface area contributed by atoms with Gasteiger partial charge in [0.05, 0.1) is 0 Å². The van der Waals surface area contributed by atoms with E-state index in [0.29, 0.717) is 5.84 Å². The smallest absolute Gasteiger partial charge is 0.159 e. The van der Waals surface area contributed by atoms with Crippen LogP contribution in [0.3, 0.4) is 0 Å². The highest BCUT2D eigenvalue weighted by atomic mass is 16.3. The maximum absolute atomic E-state index is 6.58. The molecular weight excluding hydrogens is 671 g/mol. The van der Waals surface area contributed by atoms with Gasteiger partial charge in [0.2, 0.25) is 0 Å². The Morgan fingerprint density at radius 3 is 1.80 bits per heavy atom. The van der Waals surface area contributed by atoms with Gasteiger partial charge in [-0.15, -0.1) is 0 Å². The SMILES string of the molecule is c1ccc2cc(C3=NC(c4cc(-c5ccc6ccccc6c5)cc5oc6ccccc6c45)NC(c4ccc(-c5cccc6ccccc56)cc4)=N3)ccc2c1. The van der Waals surface area contributed by atoms with Gasteiger partial charge in [-0.05, 0) is 84.9 Å². The number of hydrogen-bond acceptors (Lipinski definition) is 4. The number of para-hydroxylation sites is 1. The van der Waals surface area contributed by atoms with Crippen LogP contribution in [0.1, 0.15) is 22.9 Å². The minimum Gasteiger partial charge on any atom is -0.456 e. The first-order valence-electron chi connectivity index (χ1n) is 18.7. The first kappa shape index (κ1) is 31.2. The van der Waals surface area contributed by atoms with Crippen LogP contribution in [0.25, 0.3) is 76.5 Å². The van der Waals surface area contributed by atoms with Crippen LogP contribution in [-0.2, 0) is 0 Å². The number of aliphatic imine (C=N–C) groups is 2. The highest BCUT2D eigenvalue weighted by Crippen LogP contribution is 2.40. The fraction of sp³-hybridized carbons (Fsp3) is 0.0196. The van der Waals surface area contributed by atoms with Crippen molar-refractivity contribution >= 4 is 65.9 Å². The molecule has 9 aromatic carbocycles. The molecule has 2 heterocycles. The van der Waals surface area contributed by atoms with Crippen molar-refractivity contribution in [1.29, 1.82) is 0 Å². The topological polar surface area (TPSA) is 49.9 Å². The molecule has 0 radical (unpaired) electrons. The molecule has 0 amide bonds. The summed E-state index contributed by atoms with van der Waals surface area (Å²) in [6, 6.07) is 66.5. The molecule has 1 aliphatic heterocycles.